The van der Waals surface area contributed by atoms with Gasteiger partial charge in [0.25, 0.3) is 8.53 Å². The molecule has 2 heterocycles. The molecule has 1 aromatic heterocycles. The van der Waals surface area contributed by atoms with E-state index in [1.54, 1.807) is 26.6 Å². The maximum absolute atomic E-state index is 15.3. The predicted octanol–water partition coefficient (Wildman–Crippen LogP) is 11.2. The minimum absolute atomic E-state index is 0.0250. The molecule has 62 heavy (non-hydrogen) atoms. The van der Waals surface area contributed by atoms with Gasteiger partial charge in [-0.1, -0.05) is 81.4 Å². The summed E-state index contributed by atoms with van der Waals surface area (Å²) in [4.78, 5) is 4.52. The van der Waals surface area contributed by atoms with Crippen molar-refractivity contribution in [2.24, 2.45) is 0 Å². The number of fused-ring (bicyclic) bond motifs is 1. The number of rotatable bonds is 19. The average molecular weight is 885 g/mol. The zero-order chi connectivity index (χ0) is 44.8. The van der Waals surface area contributed by atoms with Crippen LogP contribution in [-0.2, 0) is 28.5 Å². The first kappa shape index (κ1) is 47.3. The normalized spacial score (nSPS) is 19.1. The van der Waals surface area contributed by atoms with Crippen LogP contribution >= 0.6 is 8.53 Å². The number of hydrogen-bond donors (Lipinski definition) is 0. The van der Waals surface area contributed by atoms with Gasteiger partial charge in [0.1, 0.15) is 40.9 Å². The molecule has 1 aliphatic rings. The van der Waals surface area contributed by atoms with Crippen molar-refractivity contribution in [3.05, 3.63) is 126 Å². The van der Waals surface area contributed by atoms with Gasteiger partial charge in [-0.3, -0.25) is 0 Å². The van der Waals surface area contributed by atoms with E-state index in [0.717, 1.165) is 16.7 Å². The van der Waals surface area contributed by atoms with Crippen LogP contribution in [-0.4, -0.2) is 80.4 Å². The van der Waals surface area contributed by atoms with Crippen LogP contribution in [0.4, 0.5) is 4.39 Å². The highest BCUT2D eigenvalue weighted by Crippen LogP contribution is 2.53. The molecule has 1 fully saturated rings. The average Bonchev–Trinajstić information content (AvgIpc) is 3.82. The van der Waals surface area contributed by atoms with Crippen LogP contribution in [0.1, 0.15) is 77.8 Å². The van der Waals surface area contributed by atoms with Crippen molar-refractivity contribution in [3.63, 3.8) is 0 Å². The third kappa shape index (κ3) is 9.94. The molecular weight excluding hydrogens is 823 g/mol. The van der Waals surface area contributed by atoms with Gasteiger partial charge >= 0.3 is 0 Å². The Hall–Kier alpha value is -4.22. The fourth-order valence-electron chi connectivity index (χ4n) is 7.74. The lowest BCUT2D eigenvalue weighted by Crippen LogP contribution is -2.50. The van der Waals surface area contributed by atoms with E-state index >= 15 is 4.39 Å². The highest BCUT2D eigenvalue weighted by Gasteiger charge is 2.54. The molecule has 0 bridgehead atoms. The fourth-order valence-corrected chi connectivity index (χ4v) is 10.8. The van der Waals surface area contributed by atoms with E-state index in [1.165, 1.54) is 6.07 Å². The zero-order valence-corrected chi connectivity index (χ0v) is 39.8. The SMILES string of the molecule is COc1ccc(C(OC[C@H]2O[C@@H](n3cnc4c(F)cccc43)[C@H](O[Si](C)(C)C(C)(C)C)[C@@H]2OP(OCCC#N)N(C(C)C)C(C)C)(c2ccccc2)c2ccc(OC)cc2)cc1. The summed E-state index contributed by atoms with van der Waals surface area (Å²) in [5.74, 6) is 0.986. The van der Waals surface area contributed by atoms with Crippen LogP contribution in [0.25, 0.3) is 11.0 Å². The number of aromatic nitrogens is 2. The van der Waals surface area contributed by atoms with Crippen molar-refractivity contribution >= 4 is 27.9 Å². The molecule has 1 unspecified atom stereocenters. The number of nitrogens with zero attached hydrogens (tertiary/aromatic N) is 4. The highest BCUT2D eigenvalue weighted by molar-refractivity contribution is 7.44. The van der Waals surface area contributed by atoms with Crippen LogP contribution in [0.3, 0.4) is 0 Å². The molecule has 1 aliphatic heterocycles. The molecule has 0 spiro atoms. The minimum Gasteiger partial charge on any atom is -0.497 e. The second kappa shape index (κ2) is 20.1. The van der Waals surface area contributed by atoms with Crippen molar-refractivity contribution in [1.29, 1.82) is 5.26 Å². The predicted molar refractivity (Wildman–Crippen MR) is 244 cm³/mol. The largest absolute Gasteiger partial charge is 0.497 e. The zero-order valence-electron chi connectivity index (χ0n) is 37.9. The third-order valence-electron chi connectivity index (χ3n) is 11.9. The van der Waals surface area contributed by atoms with E-state index in [-0.39, 0.29) is 42.3 Å². The van der Waals surface area contributed by atoms with E-state index in [1.807, 2.05) is 77.4 Å². The van der Waals surface area contributed by atoms with Crippen LogP contribution in [0.15, 0.2) is 103 Å². The van der Waals surface area contributed by atoms with E-state index in [2.05, 4.69) is 89.4 Å². The summed E-state index contributed by atoms with van der Waals surface area (Å²) < 4.78 is 66.6. The first-order valence-corrected chi connectivity index (χ1v) is 25.3. The molecule has 14 heteroatoms. The Kier molecular flexibility index (Phi) is 15.3. The highest BCUT2D eigenvalue weighted by atomic mass is 31.2. The number of methoxy groups -OCH3 is 2. The van der Waals surface area contributed by atoms with Gasteiger partial charge in [-0.15, -0.1) is 0 Å². The van der Waals surface area contributed by atoms with Gasteiger partial charge in [0.15, 0.2) is 20.4 Å². The number of ether oxygens (including phenoxy) is 4. The third-order valence-corrected chi connectivity index (χ3v) is 18.5. The maximum atomic E-state index is 15.3. The lowest BCUT2D eigenvalue weighted by molar-refractivity contribution is -0.0925. The molecule has 4 aromatic carbocycles. The summed E-state index contributed by atoms with van der Waals surface area (Å²) >= 11 is 0. The topological polar surface area (TPSA) is 109 Å². The van der Waals surface area contributed by atoms with Crippen molar-refractivity contribution in [2.45, 2.75) is 115 Å². The molecule has 5 atom stereocenters. The van der Waals surface area contributed by atoms with E-state index < -0.39 is 52.8 Å². The summed E-state index contributed by atoms with van der Waals surface area (Å²) in [7, 11) is -1.07. The van der Waals surface area contributed by atoms with Crippen molar-refractivity contribution in [2.75, 3.05) is 27.4 Å². The Morgan fingerprint density at radius 2 is 1.42 bits per heavy atom. The van der Waals surface area contributed by atoms with Gasteiger partial charge in [-0.05, 0) is 98.9 Å². The van der Waals surface area contributed by atoms with Gasteiger partial charge < -0.3 is 37.0 Å². The van der Waals surface area contributed by atoms with Gasteiger partial charge in [-0.25, -0.2) is 14.0 Å². The van der Waals surface area contributed by atoms with Gasteiger partial charge in [0.05, 0.1) is 51.8 Å². The molecule has 5 aromatic rings. The summed E-state index contributed by atoms with van der Waals surface area (Å²) in [6, 6.07) is 33.1. The maximum Gasteiger partial charge on any atom is 0.259 e. The minimum atomic E-state index is -2.59. The van der Waals surface area contributed by atoms with Crippen LogP contribution in [0.5, 0.6) is 11.5 Å². The lowest BCUT2D eigenvalue weighted by Gasteiger charge is -2.42. The molecule has 6 rings (SSSR count). The Morgan fingerprint density at radius 1 is 0.839 bits per heavy atom. The van der Waals surface area contributed by atoms with Crippen LogP contribution in [0, 0.1) is 17.1 Å². The first-order chi connectivity index (χ1) is 29.6. The van der Waals surface area contributed by atoms with Crippen molar-refractivity contribution in [1.82, 2.24) is 14.2 Å². The number of para-hydroxylation sites is 1. The van der Waals surface area contributed by atoms with Crippen molar-refractivity contribution in [3.8, 4) is 17.6 Å². The molecular formula is C48H62FN4O7PSi. The van der Waals surface area contributed by atoms with Gasteiger partial charge in [0.2, 0.25) is 0 Å². The monoisotopic (exact) mass is 884 g/mol. The summed E-state index contributed by atoms with van der Waals surface area (Å²) in [6.45, 7) is 19.6. The number of benzene rings is 4. The van der Waals surface area contributed by atoms with E-state index in [4.69, 9.17) is 32.4 Å². The van der Waals surface area contributed by atoms with Crippen molar-refractivity contribution < 1.29 is 36.8 Å². The summed E-state index contributed by atoms with van der Waals surface area (Å²) in [5.41, 5.74) is 2.24. The Morgan fingerprint density at radius 3 is 1.95 bits per heavy atom. The quantitative estimate of drug-likeness (QED) is 0.0344. The van der Waals surface area contributed by atoms with Gasteiger partial charge in [-0.2, -0.15) is 5.26 Å². The molecule has 0 amide bonds. The number of nitriles is 1. The first-order valence-electron chi connectivity index (χ1n) is 21.2. The van der Waals surface area contributed by atoms with E-state index in [9.17, 15) is 5.26 Å². The van der Waals surface area contributed by atoms with Crippen LogP contribution < -0.4 is 9.47 Å². The molecule has 0 N–H and O–H groups in total. The Bertz CT molecular complexity index is 2190. The Balaban J connectivity index is 1.55. The Labute approximate surface area is 369 Å². The second-order valence-electron chi connectivity index (χ2n) is 17.6. The number of imidazole rings is 1. The number of hydrogen-bond acceptors (Lipinski definition) is 10. The molecule has 0 saturated carbocycles. The lowest BCUT2D eigenvalue weighted by atomic mass is 9.80. The van der Waals surface area contributed by atoms with E-state index in [0.29, 0.717) is 17.0 Å². The molecule has 332 valence electrons. The molecule has 0 radical (unpaired) electrons. The molecule has 0 aliphatic carbocycles. The molecule has 1 saturated heterocycles. The fraction of sp³-hybridized carbons (Fsp3) is 0.458. The van der Waals surface area contributed by atoms with Gasteiger partial charge in [0, 0.05) is 12.1 Å². The summed E-state index contributed by atoms with van der Waals surface area (Å²) in [5, 5.41) is 9.37. The molecule has 11 nitrogen and oxygen atoms in total. The summed E-state index contributed by atoms with van der Waals surface area (Å²) in [6.07, 6.45) is -1.24. The van der Waals surface area contributed by atoms with Crippen LogP contribution in [0.2, 0.25) is 18.1 Å². The standard InChI is InChI=1S/C48H62FN4O7PSi/c1-33(2)53(34(3)4)61(57-30-16-29-50)59-44-42(58-46(45(44)60-62(10,11)47(5,6)7)52-32-51-43-40(49)19-15-20-41(43)52)31-56-48(35-17-13-12-14-18-35,36-21-25-38(54-8)26-22-36)37-23-27-39(55-9)28-24-37/h12-15,17-28,32-34,42,44-46H,16,30-31H2,1-11H3/t42-,44-,45-,46-,61?/m1/s1. The number of halogens is 1. The second-order valence-corrected chi connectivity index (χ2v) is 23.8. The smallest absolute Gasteiger partial charge is 0.259 e.